The SMILES string of the molecule is CCC1=CC(CC)Nc2ccc(C)cc21. The van der Waals surface area contributed by atoms with Gasteiger partial charge in [-0.1, -0.05) is 31.6 Å². The van der Waals surface area contributed by atoms with Crippen molar-refractivity contribution in [2.75, 3.05) is 5.32 Å². The van der Waals surface area contributed by atoms with E-state index in [-0.39, 0.29) is 0 Å². The van der Waals surface area contributed by atoms with E-state index in [4.69, 9.17) is 0 Å². The summed E-state index contributed by atoms with van der Waals surface area (Å²) in [7, 11) is 0. The molecule has 15 heavy (non-hydrogen) atoms. The molecule has 1 atom stereocenters. The van der Waals surface area contributed by atoms with Crippen LogP contribution in [0.1, 0.15) is 37.8 Å². The van der Waals surface area contributed by atoms with Crippen LogP contribution in [-0.2, 0) is 0 Å². The van der Waals surface area contributed by atoms with Crippen molar-refractivity contribution in [3.63, 3.8) is 0 Å². The average Bonchev–Trinajstić information content (AvgIpc) is 2.27. The predicted octanol–water partition coefficient (Wildman–Crippen LogP) is 3.99. The Hall–Kier alpha value is -1.24. The van der Waals surface area contributed by atoms with E-state index in [0.717, 1.165) is 12.8 Å². The van der Waals surface area contributed by atoms with Crippen molar-refractivity contribution < 1.29 is 0 Å². The van der Waals surface area contributed by atoms with Crippen LogP contribution in [0.2, 0.25) is 0 Å². The summed E-state index contributed by atoms with van der Waals surface area (Å²) >= 11 is 0. The van der Waals surface area contributed by atoms with Crippen molar-refractivity contribution >= 4 is 11.3 Å². The molecular formula is C14H19N. The molecule has 1 unspecified atom stereocenters. The van der Waals surface area contributed by atoms with Crippen LogP contribution >= 0.6 is 0 Å². The first-order valence-electron chi connectivity index (χ1n) is 5.82. The summed E-state index contributed by atoms with van der Waals surface area (Å²) in [6.07, 6.45) is 4.65. The highest BCUT2D eigenvalue weighted by atomic mass is 14.9. The molecule has 1 aliphatic heterocycles. The number of fused-ring (bicyclic) bond motifs is 1. The van der Waals surface area contributed by atoms with Crippen LogP contribution in [0, 0.1) is 6.92 Å². The minimum atomic E-state index is 0.509. The third-order valence-electron chi connectivity index (χ3n) is 3.09. The smallest absolute Gasteiger partial charge is 0.0447 e. The molecule has 80 valence electrons. The molecule has 1 aliphatic rings. The molecule has 0 saturated heterocycles. The lowest BCUT2D eigenvalue weighted by atomic mass is 9.93. The molecule has 0 spiro atoms. The molecule has 0 aliphatic carbocycles. The van der Waals surface area contributed by atoms with Gasteiger partial charge in [0.05, 0.1) is 0 Å². The molecule has 1 N–H and O–H groups in total. The number of hydrogen-bond donors (Lipinski definition) is 1. The molecule has 2 rings (SSSR count). The first-order chi connectivity index (χ1) is 7.24. The number of nitrogens with one attached hydrogen (secondary N) is 1. The second kappa shape index (κ2) is 4.09. The highest BCUT2D eigenvalue weighted by Crippen LogP contribution is 2.32. The van der Waals surface area contributed by atoms with E-state index >= 15 is 0 Å². The Morgan fingerprint density at radius 1 is 1.27 bits per heavy atom. The Bertz CT molecular complexity index is 390. The van der Waals surface area contributed by atoms with E-state index in [1.54, 1.807) is 0 Å². The zero-order valence-electron chi connectivity index (χ0n) is 9.80. The van der Waals surface area contributed by atoms with E-state index < -0.39 is 0 Å². The van der Waals surface area contributed by atoms with Crippen LogP contribution in [0.3, 0.4) is 0 Å². The second-order valence-electron chi connectivity index (χ2n) is 4.25. The third kappa shape index (κ3) is 1.92. The molecule has 1 heterocycles. The Balaban J connectivity index is 2.46. The fourth-order valence-corrected chi connectivity index (χ4v) is 2.15. The molecule has 1 aromatic rings. The molecule has 1 heteroatoms. The summed E-state index contributed by atoms with van der Waals surface area (Å²) in [5, 5.41) is 3.56. The summed E-state index contributed by atoms with van der Waals surface area (Å²) in [4.78, 5) is 0. The van der Waals surface area contributed by atoms with Gasteiger partial charge in [0.1, 0.15) is 0 Å². The lowest BCUT2D eigenvalue weighted by Crippen LogP contribution is -2.20. The molecule has 1 nitrogen and oxygen atoms in total. The molecule has 0 amide bonds. The van der Waals surface area contributed by atoms with Crippen molar-refractivity contribution in [3.8, 4) is 0 Å². The molecule has 0 fully saturated rings. The number of allylic oxidation sites excluding steroid dienone is 1. The first kappa shape index (κ1) is 10.3. The molecule has 0 radical (unpaired) electrons. The third-order valence-corrected chi connectivity index (χ3v) is 3.09. The topological polar surface area (TPSA) is 12.0 Å². The van der Waals surface area contributed by atoms with Crippen molar-refractivity contribution in [2.45, 2.75) is 39.7 Å². The van der Waals surface area contributed by atoms with Gasteiger partial charge in [0.15, 0.2) is 0 Å². The predicted molar refractivity (Wildman–Crippen MR) is 67.1 cm³/mol. The minimum absolute atomic E-state index is 0.509. The van der Waals surface area contributed by atoms with E-state index in [2.05, 4.69) is 50.4 Å². The lowest BCUT2D eigenvalue weighted by molar-refractivity contribution is 0.824. The summed E-state index contributed by atoms with van der Waals surface area (Å²) in [6, 6.07) is 7.17. The quantitative estimate of drug-likeness (QED) is 0.762. The van der Waals surface area contributed by atoms with Crippen LogP contribution in [0.5, 0.6) is 0 Å². The summed E-state index contributed by atoms with van der Waals surface area (Å²) < 4.78 is 0. The highest BCUT2D eigenvalue weighted by molar-refractivity contribution is 5.80. The lowest BCUT2D eigenvalue weighted by Gasteiger charge is -2.25. The Labute approximate surface area is 92.2 Å². The largest absolute Gasteiger partial charge is 0.378 e. The van der Waals surface area contributed by atoms with Crippen LogP contribution < -0.4 is 5.32 Å². The average molecular weight is 201 g/mol. The van der Waals surface area contributed by atoms with E-state index in [1.807, 2.05) is 0 Å². The number of aryl methyl sites for hydroxylation is 1. The van der Waals surface area contributed by atoms with Gasteiger partial charge in [-0.05, 0) is 37.5 Å². The maximum atomic E-state index is 3.56. The van der Waals surface area contributed by atoms with Gasteiger partial charge in [0.25, 0.3) is 0 Å². The van der Waals surface area contributed by atoms with Crippen LogP contribution in [0.25, 0.3) is 5.57 Å². The van der Waals surface area contributed by atoms with Crippen LogP contribution in [0.4, 0.5) is 5.69 Å². The fraction of sp³-hybridized carbons (Fsp3) is 0.429. The van der Waals surface area contributed by atoms with Gasteiger partial charge in [-0.25, -0.2) is 0 Å². The van der Waals surface area contributed by atoms with Gasteiger partial charge in [-0.3, -0.25) is 0 Å². The van der Waals surface area contributed by atoms with Gasteiger partial charge in [-0.15, -0.1) is 0 Å². The zero-order valence-corrected chi connectivity index (χ0v) is 9.80. The standard InChI is InChI=1S/C14H19N/c1-4-11-9-12(5-2)15-14-7-6-10(3)8-13(11)14/h6-9,12,15H,4-5H2,1-3H3. The Morgan fingerprint density at radius 3 is 2.73 bits per heavy atom. The van der Waals surface area contributed by atoms with E-state index in [0.29, 0.717) is 6.04 Å². The first-order valence-corrected chi connectivity index (χ1v) is 5.82. The van der Waals surface area contributed by atoms with Gasteiger partial charge in [0, 0.05) is 17.3 Å². The minimum Gasteiger partial charge on any atom is -0.378 e. The fourth-order valence-electron chi connectivity index (χ4n) is 2.15. The van der Waals surface area contributed by atoms with Crippen molar-refractivity contribution in [3.05, 3.63) is 35.4 Å². The van der Waals surface area contributed by atoms with Crippen LogP contribution in [0.15, 0.2) is 24.3 Å². The van der Waals surface area contributed by atoms with E-state index in [9.17, 15) is 0 Å². The summed E-state index contributed by atoms with van der Waals surface area (Å²) in [5.41, 5.74) is 5.51. The maximum absolute atomic E-state index is 3.56. The van der Waals surface area contributed by atoms with Crippen LogP contribution in [-0.4, -0.2) is 6.04 Å². The molecule has 1 aromatic carbocycles. The van der Waals surface area contributed by atoms with Crippen molar-refractivity contribution in [1.82, 2.24) is 0 Å². The molecular weight excluding hydrogens is 182 g/mol. The van der Waals surface area contributed by atoms with Crippen molar-refractivity contribution in [2.24, 2.45) is 0 Å². The van der Waals surface area contributed by atoms with Gasteiger partial charge >= 0.3 is 0 Å². The monoisotopic (exact) mass is 201 g/mol. The zero-order chi connectivity index (χ0) is 10.8. The summed E-state index contributed by atoms with van der Waals surface area (Å²) in [5.74, 6) is 0. The normalized spacial score (nSPS) is 19.1. The number of rotatable bonds is 2. The molecule has 0 saturated carbocycles. The second-order valence-corrected chi connectivity index (χ2v) is 4.25. The highest BCUT2D eigenvalue weighted by Gasteiger charge is 2.16. The number of benzene rings is 1. The summed E-state index contributed by atoms with van der Waals surface area (Å²) in [6.45, 7) is 6.61. The van der Waals surface area contributed by atoms with Gasteiger partial charge in [0.2, 0.25) is 0 Å². The van der Waals surface area contributed by atoms with E-state index in [1.165, 1.54) is 22.4 Å². The van der Waals surface area contributed by atoms with Gasteiger partial charge in [-0.2, -0.15) is 0 Å². The number of anilines is 1. The maximum Gasteiger partial charge on any atom is 0.0447 e. The number of hydrogen-bond acceptors (Lipinski definition) is 1. The van der Waals surface area contributed by atoms with Gasteiger partial charge < -0.3 is 5.32 Å². The molecule has 0 aromatic heterocycles. The van der Waals surface area contributed by atoms with Crippen molar-refractivity contribution in [1.29, 1.82) is 0 Å². The Morgan fingerprint density at radius 2 is 2.07 bits per heavy atom. The Kier molecular flexibility index (Phi) is 2.81. The molecule has 0 bridgehead atoms.